The summed E-state index contributed by atoms with van der Waals surface area (Å²) in [5, 5.41) is 31.5. The van der Waals surface area contributed by atoms with E-state index in [0.717, 1.165) is 18.2 Å². The number of hydrogen-bond acceptors (Lipinski definition) is 6. The molecule has 1 aromatic rings. The van der Waals surface area contributed by atoms with E-state index in [1.165, 1.54) is 0 Å². The van der Waals surface area contributed by atoms with Gasteiger partial charge in [0.25, 0.3) is 0 Å². The normalized spacial score (nSPS) is 8.00. The molecule has 1 aromatic carbocycles. The first-order valence-electron chi connectivity index (χ1n) is 3.72. The fourth-order valence-corrected chi connectivity index (χ4v) is 1.11. The average molecular weight is 261 g/mol. The molecule has 9 heteroatoms. The van der Waals surface area contributed by atoms with E-state index >= 15 is 0 Å². The maximum absolute atomic E-state index is 10.6. The van der Waals surface area contributed by atoms with Gasteiger partial charge in [-0.25, -0.2) is 0 Å². The van der Waals surface area contributed by atoms with Crippen LogP contribution in [0.4, 0.5) is 0 Å². The van der Waals surface area contributed by atoms with Crippen molar-refractivity contribution >= 4 is 17.9 Å². The van der Waals surface area contributed by atoms with Gasteiger partial charge >= 0.3 is 0 Å². The van der Waals surface area contributed by atoms with Gasteiger partial charge in [-0.05, 0) is 0 Å². The van der Waals surface area contributed by atoms with Crippen molar-refractivity contribution in [3.63, 3.8) is 0 Å². The molecule has 1 rings (SSSR count). The van der Waals surface area contributed by atoms with Crippen LogP contribution in [-0.2, 0) is 0 Å². The molecule has 0 aromatic heterocycles. The van der Waals surface area contributed by atoms with E-state index in [1.54, 1.807) is 0 Å². The molecular weight excluding hydrogens is 246 g/mol. The lowest BCUT2D eigenvalue weighted by atomic mass is 10.0. The van der Waals surface area contributed by atoms with Gasteiger partial charge in [-0.3, -0.25) is 0 Å². The summed E-state index contributed by atoms with van der Waals surface area (Å²) in [6.07, 6.45) is 0. The molecule has 0 aliphatic rings. The minimum atomic E-state index is -1.91. The predicted molar refractivity (Wildman–Crippen MR) is 57.4 cm³/mol. The number of quaternary nitrogens is 3. The van der Waals surface area contributed by atoms with Crippen molar-refractivity contribution in [2.75, 3.05) is 0 Å². The molecule has 0 amide bonds. The third-order valence-electron chi connectivity index (χ3n) is 1.71. The van der Waals surface area contributed by atoms with Crippen LogP contribution in [0.5, 0.6) is 0 Å². The number of aromatic carboxylic acids is 3. The molecule has 9 nitrogen and oxygen atoms in total. The zero-order valence-corrected chi connectivity index (χ0v) is 10.2. The smallest absolute Gasteiger partial charge is 0.0728 e. The molecule has 0 bridgehead atoms. The van der Waals surface area contributed by atoms with Crippen LogP contribution in [0.15, 0.2) is 18.2 Å². The Morgan fingerprint density at radius 3 is 1.28 bits per heavy atom. The van der Waals surface area contributed by atoms with Gasteiger partial charge in [-0.15, -0.1) is 0 Å². The summed E-state index contributed by atoms with van der Waals surface area (Å²) in [5.41, 5.74) is -2.45. The van der Waals surface area contributed by atoms with Crippen LogP contribution in [-0.4, -0.2) is 17.9 Å². The van der Waals surface area contributed by atoms with Crippen molar-refractivity contribution in [1.82, 2.24) is 18.5 Å². The average Bonchev–Trinajstić information content (AvgIpc) is 2.16. The topological polar surface area (TPSA) is 230 Å². The number of carbonyl (C=O) groups excluding carboxylic acids is 3. The van der Waals surface area contributed by atoms with E-state index in [0.29, 0.717) is 0 Å². The summed E-state index contributed by atoms with van der Waals surface area (Å²) in [5.74, 6) is -5.50. The number of benzene rings is 1. The number of carbonyl (C=O) groups is 3. The van der Waals surface area contributed by atoms with Crippen LogP contribution < -0.4 is 33.8 Å². The summed E-state index contributed by atoms with van der Waals surface area (Å²) in [6, 6.07) is 2.89. The Labute approximate surface area is 102 Å². The zero-order chi connectivity index (χ0) is 11.6. The number of carboxylic acid groups (broad SMARTS) is 3. The molecule has 0 atom stereocenters. The van der Waals surface area contributed by atoms with E-state index < -0.39 is 34.6 Å². The minimum Gasteiger partial charge on any atom is -0.545 e. The molecule has 0 saturated heterocycles. The lowest BCUT2D eigenvalue weighted by Crippen LogP contribution is -2.34. The fourth-order valence-electron chi connectivity index (χ4n) is 1.11. The SMILES string of the molecule is O=C([O-])c1cccc(C(=O)[O-])c1C(=O)[O-].[NH4+].[NH4+].[NH4+]. The van der Waals surface area contributed by atoms with Crippen LogP contribution in [0.3, 0.4) is 0 Å². The third kappa shape index (κ3) is 3.83. The van der Waals surface area contributed by atoms with E-state index in [1.807, 2.05) is 0 Å². The van der Waals surface area contributed by atoms with E-state index in [9.17, 15) is 29.7 Å². The lowest BCUT2D eigenvalue weighted by Gasteiger charge is -2.16. The van der Waals surface area contributed by atoms with Crippen LogP contribution in [0.1, 0.15) is 31.1 Å². The van der Waals surface area contributed by atoms with Crippen LogP contribution in [0.25, 0.3) is 0 Å². The van der Waals surface area contributed by atoms with Crippen molar-refractivity contribution in [2.24, 2.45) is 0 Å². The first kappa shape index (κ1) is 20.9. The molecule has 0 unspecified atom stereocenters. The highest BCUT2D eigenvalue weighted by molar-refractivity contribution is 6.07. The molecule has 12 N–H and O–H groups in total. The molecule has 18 heavy (non-hydrogen) atoms. The highest BCUT2D eigenvalue weighted by Gasteiger charge is 2.10. The van der Waals surface area contributed by atoms with Crippen molar-refractivity contribution in [3.05, 3.63) is 34.9 Å². The summed E-state index contributed by atoms with van der Waals surface area (Å²) in [7, 11) is 0. The van der Waals surface area contributed by atoms with E-state index in [4.69, 9.17) is 0 Å². The zero-order valence-electron chi connectivity index (χ0n) is 10.2. The van der Waals surface area contributed by atoms with Crippen molar-refractivity contribution in [3.8, 4) is 0 Å². The molecule has 0 aliphatic heterocycles. The molecule has 0 fully saturated rings. The molecule has 102 valence electrons. The first-order valence-corrected chi connectivity index (χ1v) is 3.72. The van der Waals surface area contributed by atoms with Gasteiger partial charge in [0.2, 0.25) is 0 Å². The minimum absolute atomic E-state index is 0. The van der Waals surface area contributed by atoms with Crippen LogP contribution in [0.2, 0.25) is 0 Å². The van der Waals surface area contributed by atoms with Gasteiger partial charge in [-0.2, -0.15) is 0 Å². The maximum Gasteiger partial charge on any atom is 0.0728 e. The maximum atomic E-state index is 10.6. The molecule has 0 saturated carbocycles. The van der Waals surface area contributed by atoms with E-state index in [2.05, 4.69) is 0 Å². The number of hydrogen-bond donors (Lipinski definition) is 3. The highest BCUT2D eigenvalue weighted by atomic mass is 16.4. The third-order valence-corrected chi connectivity index (χ3v) is 1.71. The second kappa shape index (κ2) is 7.73. The van der Waals surface area contributed by atoms with Crippen molar-refractivity contribution < 1.29 is 29.7 Å². The fraction of sp³-hybridized carbons (Fsp3) is 0. The summed E-state index contributed by atoms with van der Waals surface area (Å²) in [6.45, 7) is 0. The Kier molecular flexibility index (Phi) is 8.96. The van der Waals surface area contributed by atoms with Crippen LogP contribution in [0, 0.1) is 0 Å². The Hall–Kier alpha value is -2.49. The molecule has 0 heterocycles. The quantitative estimate of drug-likeness (QED) is 0.550. The predicted octanol–water partition coefficient (Wildman–Crippen LogP) is -2.09. The lowest BCUT2D eigenvalue weighted by molar-refractivity contribution is -0.261. The summed E-state index contributed by atoms with van der Waals surface area (Å²) in [4.78, 5) is 31.5. The van der Waals surface area contributed by atoms with Gasteiger partial charge in [0.1, 0.15) is 0 Å². The summed E-state index contributed by atoms with van der Waals surface area (Å²) >= 11 is 0. The number of carboxylic acids is 3. The Morgan fingerprint density at radius 2 is 1.06 bits per heavy atom. The van der Waals surface area contributed by atoms with Crippen molar-refractivity contribution in [2.45, 2.75) is 0 Å². The first-order chi connectivity index (χ1) is 6.95. The standard InChI is InChI=1S/C9H6O6.3H3N/c10-7(11)4-2-1-3-5(8(12)13)6(4)9(14)15;;;/h1-3H,(H,10,11)(H,12,13)(H,14,15);3*1H3. The molecular formula is C9H15N3O6. The Balaban J connectivity index is -0.000000750. The molecule has 0 aliphatic carbocycles. The molecule has 0 spiro atoms. The second-order valence-electron chi connectivity index (χ2n) is 2.59. The highest BCUT2D eigenvalue weighted by Crippen LogP contribution is 2.13. The van der Waals surface area contributed by atoms with Gasteiger partial charge in [0.05, 0.1) is 17.9 Å². The van der Waals surface area contributed by atoms with Gasteiger partial charge in [0.15, 0.2) is 0 Å². The Bertz CT molecular complexity index is 427. The van der Waals surface area contributed by atoms with Crippen molar-refractivity contribution in [1.29, 1.82) is 0 Å². The largest absolute Gasteiger partial charge is 0.545 e. The monoisotopic (exact) mass is 261 g/mol. The second-order valence-corrected chi connectivity index (χ2v) is 2.59. The Morgan fingerprint density at radius 1 is 0.722 bits per heavy atom. The van der Waals surface area contributed by atoms with Crippen LogP contribution >= 0.6 is 0 Å². The van der Waals surface area contributed by atoms with E-state index in [-0.39, 0.29) is 18.5 Å². The van der Waals surface area contributed by atoms with Gasteiger partial charge < -0.3 is 48.2 Å². The summed E-state index contributed by atoms with van der Waals surface area (Å²) < 4.78 is 0. The molecule has 0 radical (unpaired) electrons. The number of rotatable bonds is 3. The van der Waals surface area contributed by atoms with Gasteiger partial charge in [-0.1, -0.05) is 18.2 Å². The van der Waals surface area contributed by atoms with Gasteiger partial charge in [0, 0.05) is 16.7 Å².